The highest BCUT2D eigenvalue weighted by Crippen LogP contribution is 2.28. The molecule has 0 unspecified atom stereocenters. The third kappa shape index (κ3) is 2.59. The molecule has 0 saturated carbocycles. The fraction of sp³-hybridized carbons (Fsp3) is 0.154. The molecule has 0 aliphatic carbocycles. The van der Waals surface area contributed by atoms with E-state index >= 15 is 0 Å². The lowest BCUT2D eigenvalue weighted by Crippen LogP contribution is -2.25. The zero-order chi connectivity index (χ0) is 15.1. The molecule has 2 heterocycles. The average molecular weight is 324 g/mol. The quantitative estimate of drug-likeness (QED) is 0.837. The number of carbonyl (C=O) groups is 1. The van der Waals surface area contributed by atoms with Gasteiger partial charge in [-0.25, -0.2) is 4.98 Å². The Morgan fingerprint density at radius 1 is 1.10 bits per heavy atom. The largest absolute Gasteiger partial charge is 0.383 e. The minimum absolute atomic E-state index is 0.103. The van der Waals surface area contributed by atoms with Gasteiger partial charge in [-0.1, -0.05) is 23.2 Å². The van der Waals surface area contributed by atoms with E-state index in [9.17, 15) is 4.79 Å². The van der Waals surface area contributed by atoms with Crippen LogP contribution >= 0.6 is 23.2 Å². The predicted molar refractivity (Wildman–Crippen MR) is 80.9 cm³/mol. The SMILES string of the molecule is Nc1nc(N)c2c(n1)CN(C(=O)c1cc(Cl)cc(Cl)c1)C2. The molecule has 1 aliphatic rings. The van der Waals surface area contributed by atoms with Gasteiger partial charge in [0.2, 0.25) is 5.95 Å². The van der Waals surface area contributed by atoms with Crippen LogP contribution in [0.1, 0.15) is 21.6 Å². The van der Waals surface area contributed by atoms with E-state index < -0.39 is 0 Å². The van der Waals surface area contributed by atoms with Gasteiger partial charge in [0.1, 0.15) is 5.82 Å². The lowest BCUT2D eigenvalue weighted by Gasteiger charge is -2.15. The van der Waals surface area contributed by atoms with E-state index in [0.29, 0.717) is 40.2 Å². The van der Waals surface area contributed by atoms with Crippen LogP contribution in [0.5, 0.6) is 0 Å². The van der Waals surface area contributed by atoms with Crippen LogP contribution in [-0.4, -0.2) is 20.8 Å². The van der Waals surface area contributed by atoms with Crippen LogP contribution in [-0.2, 0) is 13.1 Å². The topological polar surface area (TPSA) is 98.1 Å². The van der Waals surface area contributed by atoms with Gasteiger partial charge in [0.05, 0.1) is 18.8 Å². The number of nitrogens with zero attached hydrogens (tertiary/aromatic N) is 3. The molecule has 0 spiro atoms. The summed E-state index contributed by atoms with van der Waals surface area (Å²) in [6, 6.07) is 4.72. The molecule has 1 amide bonds. The molecule has 1 aromatic carbocycles. The second-order valence-electron chi connectivity index (χ2n) is 4.71. The second-order valence-corrected chi connectivity index (χ2v) is 5.58. The molecule has 21 heavy (non-hydrogen) atoms. The summed E-state index contributed by atoms with van der Waals surface area (Å²) in [4.78, 5) is 22.1. The lowest BCUT2D eigenvalue weighted by molar-refractivity contribution is 0.0750. The summed E-state index contributed by atoms with van der Waals surface area (Å²) < 4.78 is 0. The van der Waals surface area contributed by atoms with Gasteiger partial charge in [0, 0.05) is 21.2 Å². The monoisotopic (exact) mass is 323 g/mol. The summed E-state index contributed by atoms with van der Waals surface area (Å²) in [6.45, 7) is 0.666. The molecule has 6 nitrogen and oxygen atoms in total. The van der Waals surface area contributed by atoms with Crippen LogP contribution < -0.4 is 11.5 Å². The standard InChI is InChI=1S/C13H11Cl2N5O/c14-7-1-6(2-8(15)3-7)12(21)20-4-9-10(5-20)18-13(17)19-11(9)16/h1-3H,4-5H2,(H4,16,17,18,19). The molecule has 1 aromatic heterocycles. The number of hydrogen-bond acceptors (Lipinski definition) is 5. The average Bonchev–Trinajstić information content (AvgIpc) is 2.80. The highest BCUT2D eigenvalue weighted by atomic mass is 35.5. The molecular weight excluding hydrogens is 313 g/mol. The Labute approximate surface area is 130 Å². The van der Waals surface area contributed by atoms with Crippen molar-refractivity contribution in [3.8, 4) is 0 Å². The molecule has 1 aliphatic heterocycles. The molecule has 0 radical (unpaired) electrons. The molecule has 8 heteroatoms. The van der Waals surface area contributed by atoms with E-state index in [1.807, 2.05) is 0 Å². The number of halogens is 2. The molecule has 0 bridgehead atoms. The van der Waals surface area contributed by atoms with E-state index in [1.165, 1.54) is 0 Å². The zero-order valence-corrected chi connectivity index (χ0v) is 12.3. The van der Waals surface area contributed by atoms with Crippen LogP contribution in [0.3, 0.4) is 0 Å². The summed E-state index contributed by atoms with van der Waals surface area (Å²) in [5.74, 6) is 0.207. The smallest absolute Gasteiger partial charge is 0.254 e. The fourth-order valence-corrected chi connectivity index (χ4v) is 2.83. The van der Waals surface area contributed by atoms with E-state index in [0.717, 1.165) is 5.56 Å². The molecule has 0 saturated heterocycles. The first kappa shape index (κ1) is 13.9. The van der Waals surface area contributed by atoms with Crippen molar-refractivity contribution in [3.63, 3.8) is 0 Å². The Morgan fingerprint density at radius 2 is 1.76 bits per heavy atom. The Balaban J connectivity index is 1.90. The van der Waals surface area contributed by atoms with Gasteiger partial charge >= 0.3 is 0 Å². The van der Waals surface area contributed by atoms with Crippen molar-refractivity contribution in [3.05, 3.63) is 45.1 Å². The third-order valence-electron chi connectivity index (χ3n) is 3.23. The van der Waals surface area contributed by atoms with E-state index in [1.54, 1.807) is 23.1 Å². The Kier molecular flexibility index (Phi) is 3.35. The minimum atomic E-state index is -0.199. The fourth-order valence-electron chi connectivity index (χ4n) is 2.30. The predicted octanol–water partition coefficient (Wildman–Crippen LogP) is 2.10. The van der Waals surface area contributed by atoms with Crippen molar-refractivity contribution in [2.45, 2.75) is 13.1 Å². The minimum Gasteiger partial charge on any atom is -0.383 e. The Morgan fingerprint density at radius 3 is 2.43 bits per heavy atom. The van der Waals surface area contributed by atoms with Crippen molar-refractivity contribution >= 4 is 40.9 Å². The first-order chi connectivity index (χ1) is 9.94. The summed E-state index contributed by atoms with van der Waals surface area (Å²) >= 11 is 11.8. The van der Waals surface area contributed by atoms with E-state index in [4.69, 9.17) is 34.7 Å². The maximum atomic E-state index is 12.5. The third-order valence-corrected chi connectivity index (χ3v) is 3.66. The number of amides is 1. The van der Waals surface area contributed by atoms with Crippen LogP contribution in [0.4, 0.5) is 11.8 Å². The van der Waals surface area contributed by atoms with Crippen molar-refractivity contribution in [1.82, 2.24) is 14.9 Å². The summed E-state index contributed by atoms with van der Waals surface area (Å²) in [5.41, 5.74) is 13.2. The summed E-state index contributed by atoms with van der Waals surface area (Å²) in [6.07, 6.45) is 0. The van der Waals surface area contributed by atoms with Crippen LogP contribution in [0, 0.1) is 0 Å². The first-order valence-electron chi connectivity index (χ1n) is 6.10. The van der Waals surface area contributed by atoms with Gasteiger partial charge in [-0.15, -0.1) is 0 Å². The second kappa shape index (κ2) is 5.05. The van der Waals surface area contributed by atoms with Crippen molar-refractivity contribution in [2.75, 3.05) is 11.5 Å². The molecule has 0 atom stereocenters. The number of nitrogen functional groups attached to an aromatic ring is 2. The number of anilines is 2. The number of rotatable bonds is 1. The molecule has 0 fully saturated rings. The summed E-state index contributed by atoms with van der Waals surface area (Å²) in [7, 11) is 0. The van der Waals surface area contributed by atoms with Gasteiger partial charge in [-0.05, 0) is 18.2 Å². The van der Waals surface area contributed by atoms with Gasteiger partial charge < -0.3 is 16.4 Å². The zero-order valence-electron chi connectivity index (χ0n) is 10.8. The highest BCUT2D eigenvalue weighted by molar-refractivity contribution is 6.35. The number of aromatic nitrogens is 2. The van der Waals surface area contributed by atoms with E-state index in [2.05, 4.69) is 9.97 Å². The maximum Gasteiger partial charge on any atom is 0.254 e. The maximum absolute atomic E-state index is 12.5. The van der Waals surface area contributed by atoms with Crippen molar-refractivity contribution in [2.24, 2.45) is 0 Å². The van der Waals surface area contributed by atoms with Crippen molar-refractivity contribution < 1.29 is 4.79 Å². The van der Waals surface area contributed by atoms with Crippen LogP contribution in [0.15, 0.2) is 18.2 Å². The van der Waals surface area contributed by atoms with Crippen LogP contribution in [0.25, 0.3) is 0 Å². The van der Waals surface area contributed by atoms with Crippen molar-refractivity contribution in [1.29, 1.82) is 0 Å². The highest BCUT2D eigenvalue weighted by Gasteiger charge is 2.28. The van der Waals surface area contributed by atoms with Gasteiger partial charge in [-0.3, -0.25) is 4.79 Å². The van der Waals surface area contributed by atoms with Gasteiger partial charge in [-0.2, -0.15) is 4.98 Å². The van der Waals surface area contributed by atoms with E-state index in [-0.39, 0.29) is 11.9 Å². The van der Waals surface area contributed by atoms with Gasteiger partial charge in [0.15, 0.2) is 0 Å². The molecule has 108 valence electrons. The Bertz CT molecular complexity index is 729. The first-order valence-corrected chi connectivity index (χ1v) is 6.86. The Hall–Kier alpha value is -2.05. The normalized spacial score (nSPS) is 13.3. The molecule has 3 rings (SSSR count). The van der Waals surface area contributed by atoms with Crippen LogP contribution in [0.2, 0.25) is 10.0 Å². The number of hydrogen-bond donors (Lipinski definition) is 2. The lowest BCUT2D eigenvalue weighted by atomic mass is 10.2. The molecular formula is C13H11Cl2N5O. The number of carbonyl (C=O) groups excluding carboxylic acids is 1. The van der Waals surface area contributed by atoms with Gasteiger partial charge in [0.25, 0.3) is 5.91 Å². The summed E-state index contributed by atoms with van der Waals surface area (Å²) in [5, 5.41) is 0.817. The molecule has 2 aromatic rings. The number of fused-ring (bicyclic) bond motifs is 1. The molecule has 4 N–H and O–H groups in total. The number of nitrogens with two attached hydrogens (primary N) is 2. The number of benzene rings is 1.